The Bertz CT molecular complexity index is 587. The molecule has 0 bridgehead atoms. The first-order chi connectivity index (χ1) is 10.3. The van der Waals surface area contributed by atoms with Crippen LogP contribution in [0, 0.1) is 11.8 Å². The summed E-state index contributed by atoms with van der Waals surface area (Å²) >= 11 is 0. The molecule has 1 unspecified atom stereocenters. The summed E-state index contributed by atoms with van der Waals surface area (Å²) in [4.78, 5) is 17.1. The highest BCUT2D eigenvalue weighted by atomic mass is 16.2. The van der Waals surface area contributed by atoms with Gasteiger partial charge in [0.1, 0.15) is 0 Å². The lowest BCUT2D eigenvalue weighted by molar-refractivity contribution is 0.0571. The number of hydrogen-bond acceptors (Lipinski definition) is 3. The van der Waals surface area contributed by atoms with Crippen molar-refractivity contribution >= 4 is 5.91 Å². The van der Waals surface area contributed by atoms with E-state index in [0.29, 0.717) is 12.6 Å². The Morgan fingerprint density at radius 3 is 3.10 bits per heavy atom. The first-order valence-corrected chi connectivity index (χ1v) is 7.60. The largest absolute Gasteiger partial charge is 0.336 e. The Morgan fingerprint density at radius 1 is 1.33 bits per heavy atom. The second-order valence-corrected chi connectivity index (χ2v) is 5.67. The lowest BCUT2D eigenvalue weighted by Gasteiger charge is -2.37. The monoisotopic (exact) mass is 283 g/mol. The SMILES string of the molecule is NCC#Cc1cccc(C(=O)N2CCN3CCCC3C2)c1. The number of nitrogens with zero attached hydrogens (tertiary/aromatic N) is 2. The Morgan fingerprint density at radius 2 is 2.24 bits per heavy atom. The maximum Gasteiger partial charge on any atom is 0.253 e. The fourth-order valence-electron chi connectivity index (χ4n) is 3.24. The molecule has 2 heterocycles. The van der Waals surface area contributed by atoms with E-state index in [0.717, 1.165) is 30.8 Å². The first kappa shape index (κ1) is 14.1. The van der Waals surface area contributed by atoms with Crippen LogP contribution < -0.4 is 5.73 Å². The lowest BCUT2D eigenvalue weighted by Crippen LogP contribution is -2.52. The van der Waals surface area contributed by atoms with Crippen LogP contribution in [-0.4, -0.2) is 54.5 Å². The average molecular weight is 283 g/mol. The van der Waals surface area contributed by atoms with Crippen LogP contribution in [0.25, 0.3) is 0 Å². The summed E-state index contributed by atoms with van der Waals surface area (Å²) in [6.07, 6.45) is 2.47. The molecule has 2 N–H and O–H groups in total. The fourth-order valence-corrected chi connectivity index (χ4v) is 3.24. The molecule has 0 radical (unpaired) electrons. The highest BCUT2D eigenvalue weighted by molar-refractivity contribution is 5.94. The molecule has 2 aliphatic rings. The van der Waals surface area contributed by atoms with E-state index in [-0.39, 0.29) is 5.91 Å². The van der Waals surface area contributed by atoms with Gasteiger partial charge in [0.2, 0.25) is 0 Å². The van der Waals surface area contributed by atoms with Crippen molar-refractivity contribution in [2.24, 2.45) is 5.73 Å². The van der Waals surface area contributed by atoms with Gasteiger partial charge < -0.3 is 10.6 Å². The van der Waals surface area contributed by atoms with Gasteiger partial charge in [-0.25, -0.2) is 0 Å². The van der Waals surface area contributed by atoms with Crippen LogP contribution in [0.2, 0.25) is 0 Å². The van der Waals surface area contributed by atoms with Gasteiger partial charge in [0.15, 0.2) is 0 Å². The van der Waals surface area contributed by atoms with Gasteiger partial charge >= 0.3 is 0 Å². The number of carbonyl (C=O) groups excluding carboxylic acids is 1. The van der Waals surface area contributed by atoms with Crippen LogP contribution in [0.1, 0.15) is 28.8 Å². The summed E-state index contributed by atoms with van der Waals surface area (Å²) < 4.78 is 0. The number of rotatable bonds is 1. The molecule has 1 amide bonds. The minimum atomic E-state index is 0.123. The standard InChI is InChI=1S/C17H21N3O/c18-8-2-5-14-4-1-6-15(12-14)17(21)20-11-10-19-9-3-7-16(19)13-20/h1,4,6,12,16H,3,7-11,13,18H2. The molecule has 4 nitrogen and oxygen atoms in total. The number of hydrogen-bond donors (Lipinski definition) is 1. The average Bonchev–Trinajstić information content (AvgIpc) is 3.00. The van der Waals surface area contributed by atoms with E-state index in [1.807, 2.05) is 29.2 Å². The van der Waals surface area contributed by atoms with Gasteiger partial charge in [-0.2, -0.15) is 0 Å². The minimum absolute atomic E-state index is 0.123. The molecule has 1 aromatic rings. The summed E-state index contributed by atoms with van der Waals surface area (Å²) in [6.45, 7) is 4.22. The molecule has 0 saturated carbocycles. The Labute approximate surface area is 125 Å². The maximum atomic E-state index is 12.6. The molecule has 0 aromatic heterocycles. The normalized spacial score (nSPS) is 21.6. The highest BCUT2D eigenvalue weighted by Crippen LogP contribution is 2.22. The second-order valence-electron chi connectivity index (χ2n) is 5.67. The quantitative estimate of drug-likeness (QED) is 0.780. The smallest absolute Gasteiger partial charge is 0.253 e. The number of fused-ring (bicyclic) bond motifs is 1. The maximum absolute atomic E-state index is 12.6. The van der Waals surface area contributed by atoms with Crippen LogP contribution >= 0.6 is 0 Å². The van der Waals surface area contributed by atoms with Gasteiger partial charge in [-0.3, -0.25) is 9.69 Å². The first-order valence-electron chi connectivity index (χ1n) is 7.60. The van der Waals surface area contributed by atoms with Crippen molar-refractivity contribution in [2.75, 3.05) is 32.7 Å². The predicted octanol–water partition coefficient (Wildman–Crippen LogP) is 0.917. The minimum Gasteiger partial charge on any atom is -0.336 e. The third kappa shape index (κ3) is 3.10. The van der Waals surface area contributed by atoms with Crippen LogP contribution in [0.15, 0.2) is 24.3 Å². The molecular formula is C17H21N3O. The third-order valence-corrected chi connectivity index (χ3v) is 4.32. The summed E-state index contributed by atoms with van der Waals surface area (Å²) in [5.41, 5.74) is 6.97. The van der Waals surface area contributed by atoms with Crippen molar-refractivity contribution in [3.05, 3.63) is 35.4 Å². The van der Waals surface area contributed by atoms with Gasteiger partial charge in [0.25, 0.3) is 5.91 Å². The zero-order valence-corrected chi connectivity index (χ0v) is 12.2. The molecule has 21 heavy (non-hydrogen) atoms. The van der Waals surface area contributed by atoms with E-state index in [4.69, 9.17) is 5.73 Å². The van der Waals surface area contributed by atoms with Gasteiger partial charge in [0.05, 0.1) is 6.54 Å². The predicted molar refractivity (Wildman–Crippen MR) is 82.9 cm³/mol. The Balaban J connectivity index is 1.73. The van der Waals surface area contributed by atoms with E-state index in [1.54, 1.807) is 0 Å². The highest BCUT2D eigenvalue weighted by Gasteiger charge is 2.32. The topological polar surface area (TPSA) is 49.6 Å². The molecule has 1 atom stereocenters. The van der Waals surface area contributed by atoms with E-state index in [9.17, 15) is 4.79 Å². The number of carbonyl (C=O) groups is 1. The molecule has 2 fully saturated rings. The zero-order chi connectivity index (χ0) is 14.7. The van der Waals surface area contributed by atoms with Crippen LogP contribution in [0.5, 0.6) is 0 Å². The van der Waals surface area contributed by atoms with Gasteiger partial charge in [-0.15, -0.1) is 0 Å². The summed E-state index contributed by atoms with van der Waals surface area (Å²) in [6, 6.07) is 8.10. The van der Waals surface area contributed by atoms with Gasteiger partial charge in [0, 0.05) is 36.8 Å². The van der Waals surface area contributed by atoms with Crippen molar-refractivity contribution in [1.82, 2.24) is 9.80 Å². The van der Waals surface area contributed by atoms with Crippen molar-refractivity contribution in [3.63, 3.8) is 0 Å². The summed E-state index contributed by atoms with van der Waals surface area (Å²) in [7, 11) is 0. The zero-order valence-electron chi connectivity index (χ0n) is 12.2. The van der Waals surface area contributed by atoms with Crippen molar-refractivity contribution in [1.29, 1.82) is 0 Å². The molecule has 2 aliphatic heterocycles. The van der Waals surface area contributed by atoms with E-state index in [2.05, 4.69) is 16.7 Å². The molecule has 0 aliphatic carbocycles. The summed E-state index contributed by atoms with van der Waals surface area (Å²) in [5, 5.41) is 0. The molecular weight excluding hydrogens is 262 g/mol. The fraction of sp³-hybridized carbons (Fsp3) is 0.471. The second kappa shape index (κ2) is 6.30. The molecule has 0 spiro atoms. The number of benzene rings is 1. The van der Waals surface area contributed by atoms with Gasteiger partial charge in [-0.1, -0.05) is 17.9 Å². The van der Waals surface area contributed by atoms with Gasteiger partial charge in [-0.05, 0) is 37.6 Å². The molecule has 110 valence electrons. The third-order valence-electron chi connectivity index (χ3n) is 4.32. The Hall–Kier alpha value is -1.83. The van der Waals surface area contributed by atoms with Crippen molar-refractivity contribution < 1.29 is 4.79 Å². The molecule has 3 rings (SSSR count). The van der Waals surface area contributed by atoms with E-state index >= 15 is 0 Å². The van der Waals surface area contributed by atoms with Crippen molar-refractivity contribution in [2.45, 2.75) is 18.9 Å². The molecule has 2 saturated heterocycles. The lowest BCUT2D eigenvalue weighted by atomic mass is 10.1. The molecule has 4 heteroatoms. The van der Waals surface area contributed by atoms with Crippen molar-refractivity contribution in [3.8, 4) is 11.8 Å². The summed E-state index contributed by atoms with van der Waals surface area (Å²) in [5.74, 6) is 5.94. The van der Waals surface area contributed by atoms with Crippen LogP contribution in [-0.2, 0) is 0 Å². The number of nitrogens with two attached hydrogens (primary N) is 1. The van der Waals surface area contributed by atoms with Crippen LogP contribution in [0.4, 0.5) is 0 Å². The van der Waals surface area contributed by atoms with Crippen LogP contribution in [0.3, 0.4) is 0 Å². The van der Waals surface area contributed by atoms with E-state index < -0.39 is 0 Å². The molecule has 1 aromatic carbocycles. The number of piperazine rings is 1. The Kier molecular flexibility index (Phi) is 4.23. The number of amides is 1. The van der Waals surface area contributed by atoms with E-state index in [1.165, 1.54) is 19.4 Å².